The van der Waals surface area contributed by atoms with Crippen molar-refractivity contribution in [1.82, 2.24) is 10.6 Å². The Morgan fingerprint density at radius 1 is 1.29 bits per heavy atom. The molecule has 120 valence electrons. The molecule has 0 radical (unpaired) electrons. The molecule has 1 rings (SSSR count). The molecule has 0 aliphatic rings. The number of aliphatic imine (C=N–C) groups is 1. The van der Waals surface area contributed by atoms with Crippen LogP contribution in [0.3, 0.4) is 0 Å². The number of nitrogens with zero attached hydrogens (tertiary/aromatic N) is 1. The maximum atomic E-state index is 6.14. The van der Waals surface area contributed by atoms with Crippen LogP contribution in [0, 0.1) is 0 Å². The van der Waals surface area contributed by atoms with E-state index in [-0.39, 0.29) is 28.7 Å². The van der Waals surface area contributed by atoms with Gasteiger partial charge in [0.2, 0.25) is 0 Å². The lowest BCUT2D eigenvalue weighted by Crippen LogP contribution is -2.43. The van der Waals surface area contributed by atoms with Crippen molar-refractivity contribution in [3.8, 4) is 0 Å². The van der Waals surface area contributed by atoms with Gasteiger partial charge < -0.3 is 10.6 Å². The first-order valence-corrected chi connectivity index (χ1v) is 8.32. The van der Waals surface area contributed by atoms with Gasteiger partial charge in [0.1, 0.15) is 0 Å². The number of hydrogen-bond acceptors (Lipinski definition) is 2. The number of thioether (sulfide) groups is 1. The average molecular weight is 442 g/mol. The van der Waals surface area contributed by atoms with Crippen LogP contribution in [0.2, 0.25) is 5.02 Å². The third-order valence-corrected chi connectivity index (χ3v) is 4.72. The molecule has 6 heteroatoms. The highest BCUT2D eigenvalue weighted by Gasteiger charge is 2.15. The summed E-state index contributed by atoms with van der Waals surface area (Å²) in [5.74, 6) is 0.833. The molecule has 0 fully saturated rings. The molecule has 0 spiro atoms. The van der Waals surface area contributed by atoms with E-state index in [1.54, 1.807) is 7.05 Å². The Morgan fingerprint density at radius 3 is 2.52 bits per heavy atom. The van der Waals surface area contributed by atoms with E-state index in [1.165, 1.54) is 0 Å². The molecule has 3 nitrogen and oxygen atoms in total. The summed E-state index contributed by atoms with van der Waals surface area (Å²) in [5, 5.41) is 7.48. The van der Waals surface area contributed by atoms with Crippen molar-refractivity contribution in [1.29, 1.82) is 0 Å². The fourth-order valence-corrected chi connectivity index (χ4v) is 2.05. The number of benzene rings is 1. The highest BCUT2D eigenvalue weighted by atomic mass is 127. The van der Waals surface area contributed by atoms with Gasteiger partial charge in [0.05, 0.1) is 0 Å². The summed E-state index contributed by atoms with van der Waals surface area (Å²) in [5.41, 5.74) is 1.15. The first-order valence-electron chi connectivity index (χ1n) is 6.71. The summed E-state index contributed by atoms with van der Waals surface area (Å²) in [6.07, 6.45) is 3.00. The van der Waals surface area contributed by atoms with Crippen molar-refractivity contribution >= 4 is 53.3 Å². The fourth-order valence-electron chi connectivity index (χ4n) is 1.61. The van der Waals surface area contributed by atoms with Gasteiger partial charge >= 0.3 is 0 Å². The topological polar surface area (TPSA) is 36.4 Å². The van der Waals surface area contributed by atoms with Crippen LogP contribution < -0.4 is 10.6 Å². The molecule has 0 saturated carbocycles. The van der Waals surface area contributed by atoms with E-state index in [0.29, 0.717) is 0 Å². The van der Waals surface area contributed by atoms with Crippen molar-refractivity contribution in [2.24, 2.45) is 4.99 Å². The second kappa shape index (κ2) is 10.6. The molecule has 0 aliphatic carbocycles. The van der Waals surface area contributed by atoms with Gasteiger partial charge in [0, 0.05) is 29.9 Å². The molecule has 0 bridgehead atoms. The molecule has 1 aromatic rings. The molecule has 0 amide bonds. The maximum Gasteiger partial charge on any atom is 0.191 e. The number of rotatable bonds is 6. The van der Waals surface area contributed by atoms with Crippen LogP contribution in [0.5, 0.6) is 0 Å². The monoisotopic (exact) mass is 441 g/mol. The zero-order valence-corrected chi connectivity index (χ0v) is 17.0. The summed E-state index contributed by atoms with van der Waals surface area (Å²) in [6.45, 7) is 6.10. The van der Waals surface area contributed by atoms with Crippen molar-refractivity contribution in [2.75, 3.05) is 26.4 Å². The molecule has 2 N–H and O–H groups in total. The van der Waals surface area contributed by atoms with E-state index in [0.717, 1.165) is 36.1 Å². The van der Waals surface area contributed by atoms with Gasteiger partial charge in [-0.05, 0) is 38.2 Å². The van der Waals surface area contributed by atoms with E-state index in [4.69, 9.17) is 11.6 Å². The second-order valence-electron chi connectivity index (χ2n) is 5.16. The van der Waals surface area contributed by atoms with E-state index in [1.807, 2.05) is 30.0 Å². The predicted octanol–water partition coefficient (Wildman–Crippen LogP) is 3.81. The van der Waals surface area contributed by atoms with Gasteiger partial charge in [-0.3, -0.25) is 4.99 Å². The predicted molar refractivity (Wildman–Crippen MR) is 108 cm³/mol. The number of guanidine groups is 1. The molecule has 1 aromatic carbocycles. The van der Waals surface area contributed by atoms with E-state index < -0.39 is 0 Å². The van der Waals surface area contributed by atoms with Crippen LogP contribution in [0.1, 0.15) is 19.4 Å². The zero-order chi connectivity index (χ0) is 15.0. The second-order valence-corrected chi connectivity index (χ2v) is 7.08. The highest BCUT2D eigenvalue weighted by Crippen LogP contribution is 2.19. The number of nitrogens with one attached hydrogen (secondary N) is 2. The van der Waals surface area contributed by atoms with Gasteiger partial charge in [-0.2, -0.15) is 11.8 Å². The van der Waals surface area contributed by atoms with Crippen LogP contribution in [0.25, 0.3) is 0 Å². The number of hydrogen-bond donors (Lipinski definition) is 2. The fraction of sp³-hybridized carbons (Fsp3) is 0.533. The summed E-state index contributed by atoms with van der Waals surface area (Å²) in [6, 6.07) is 7.93. The lowest BCUT2D eigenvalue weighted by molar-refractivity contribution is 0.664. The Hall–Kier alpha value is -0.140. The normalized spacial score (nSPS) is 11.8. The Kier molecular flexibility index (Phi) is 10.5. The molecule has 0 unspecified atom stereocenters. The molecule has 0 heterocycles. The van der Waals surface area contributed by atoms with Crippen molar-refractivity contribution in [3.63, 3.8) is 0 Å². The summed E-state index contributed by atoms with van der Waals surface area (Å²) in [7, 11) is 1.79. The Bertz CT molecular complexity index is 452. The van der Waals surface area contributed by atoms with E-state index >= 15 is 0 Å². The van der Waals surface area contributed by atoms with Gasteiger partial charge in [0.25, 0.3) is 0 Å². The first kappa shape index (κ1) is 20.9. The molecule has 0 aromatic heterocycles. The lowest BCUT2D eigenvalue weighted by Gasteiger charge is -2.23. The zero-order valence-electron chi connectivity index (χ0n) is 13.1. The quantitative estimate of drug-likeness (QED) is 0.400. The number of halogens is 2. The average Bonchev–Trinajstić information content (AvgIpc) is 2.44. The summed E-state index contributed by atoms with van der Waals surface area (Å²) in [4.78, 5) is 4.23. The summed E-state index contributed by atoms with van der Waals surface area (Å²) < 4.78 is 0.195. The minimum Gasteiger partial charge on any atom is -0.356 e. The maximum absolute atomic E-state index is 6.14. The first-order chi connectivity index (χ1) is 9.48. The van der Waals surface area contributed by atoms with E-state index in [9.17, 15) is 0 Å². The molecular weight excluding hydrogens is 417 g/mol. The molecular formula is C15H25ClIN3S. The summed E-state index contributed by atoms with van der Waals surface area (Å²) >= 11 is 7.98. The van der Waals surface area contributed by atoms with Crippen LogP contribution in [-0.2, 0) is 6.42 Å². The smallest absolute Gasteiger partial charge is 0.191 e. The molecule has 0 atom stereocenters. The molecule has 21 heavy (non-hydrogen) atoms. The van der Waals surface area contributed by atoms with Crippen molar-refractivity contribution in [3.05, 3.63) is 34.9 Å². The largest absolute Gasteiger partial charge is 0.356 e. The standard InChI is InChI=1S/C15H24ClN3S.HI/c1-15(2,20-4)11-19-14(17-3)18-10-9-12-7-5-6-8-13(12)16;/h5-8H,9-11H2,1-4H3,(H2,17,18,19);1H. The molecule has 0 aliphatic heterocycles. The van der Waals surface area contributed by atoms with Crippen LogP contribution in [-0.4, -0.2) is 37.1 Å². The Balaban J connectivity index is 0.00000400. The highest BCUT2D eigenvalue weighted by molar-refractivity contribution is 14.0. The van der Waals surface area contributed by atoms with Gasteiger partial charge in [0.15, 0.2) is 5.96 Å². The van der Waals surface area contributed by atoms with Crippen LogP contribution >= 0.6 is 47.3 Å². The minimum atomic E-state index is 0. The van der Waals surface area contributed by atoms with E-state index in [2.05, 4.69) is 41.8 Å². The minimum absolute atomic E-state index is 0. The van der Waals surface area contributed by atoms with Gasteiger partial charge in [-0.15, -0.1) is 24.0 Å². The Labute approximate surface area is 154 Å². The van der Waals surface area contributed by atoms with Gasteiger partial charge in [-0.1, -0.05) is 29.8 Å². The van der Waals surface area contributed by atoms with Crippen molar-refractivity contribution in [2.45, 2.75) is 25.0 Å². The Morgan fingerprint density at radius 2 is 1.95 bits per heavy atom. The lowest BCUT2D eigenvalue weighted by atomic mass is 10.1. The van der Waals surface area contributed by atoms with Crippen LogP contribution in [0.15, 0.2) is 29.3 Å². The van der Waals surface area contributed by atoms with Crippen molar-refractivity contribution < 1.29 is 0 Å². The third-order valence-electron chi connectivity index (χ3n) is 3.10. The SMILES string of the molecule is CN=C(NCCc1ccccc1Cl)NCC(C)(C)SC.I. The van der Waals surface area contributed by atoms with Crippen LogP contribution in [0.4, 0.5) is 0 Å². The third kappa shape index (κ3) is 8.16. The molecule has 0 saturated heterocycles. The van der Waals surface area contributed by atoms with Gasteiger partial charge in [-0.25, -0.2) is 0 Å².